The summed E-state index contributed by atoms with van der Waals surface area (Å²) in [5.41, 5.74) is 0.976. The summed E-state index contributed by atoms with van der Waals surface area (Å²) < 4.78 is 4.97. The number of hydrogen-bond donors (Lipinski definition) is 1. The van der Waals surface area contributed by atoms with E-state index in [9.17, 15) is 19.7 Å². The molecule has 0 aliphatic carbocycles. The van der Waals surface area contributed by atoms with Crippen LogP contribution in [0.15, 0.2) is 34.2 Å². The van der Waals surface area contributed by atoms with E-state index >= 15 is 0 Å². The topological polar surface area (TPSA) is 124 Å². The van der Waals surface area contributed by atoms with Crippen LogP contribution in [0.5, 0.6) is 0 Å². The lowest BCUT2D eigenvalue weighted by molar-refractivity contribution is -0.384. The summed E-state index contributed by atoms with van der Waals surface area (Å²) in [6.07, 6.45) is 1.55. The Morgan fingerprint density at radius 3 is 2.96 bits per heavy atom. The Kier molecular flexibility index (Phi) is 5.85. The number of aliphatic imine (C=N–C) groups is 1. The van der Waals surface area contributed by atoms with Gasteiger partial charge in [-0.15, -0.1) is 0 Å². The van der Waals surface area contributed by atoms with Crippen molar-refractivity contribution in [2.75, 3.05) is 6.61 Å². The van der Waals surface area contributed by atoms with Gasteiger partial charge in [0.15, 0.2) is 5.17 Å². The van der Waals surface area contributed by atoms with E-state index < -0.39 is 10.9 Å². The molecule has 1 N–H and O–H groups in total. The van der Waals surface area contributed by atoms with E-state index in [1.54, 1.807) is 32.1 Å². The number of nitrogens with one attached hydrogen (secondary N) is 1. The van der Waals surface area contributed by atoms with E-state index in [2.05, 4.69) is 15.3 Å². The molecular formula is C17H14N4O5S2. The molecule has 1 fully saturated rings. The van der Waals surface area contributed by atoms with Crippen molar-refractivity contribution in [3.8, 4) is 0 Å². The van der Waals surface area contributed by atoms with Gasteiger partial charge in [0, 0.05) is 12.1 Å². The zero-order valence-electron chi connectivity index (χ0n) is 14.8. The van der Waals surface area contributed by atoms with Crippen molar-refractivity contribution in [2.45, 2.75) is 13.8 Å². The number of thioether (sulfide) groups is 1. The number of ether oxygens (including phenoxy) is 1. The Hall–Kier alpha value is -3.05. The number of thiazole rings is 1. The monoisotopic (exact) mass is 418 g/mol. The average molecular weight is 418 g/mol. The van der Waals surface area contributed by atoms with Crippen LogP contribution >= 0.6 is 23.1 Å². The number of hydrogen-bond acceptors (Lipinski definition) is 9. The largest absolute Gasteiger partial charge is 0.462 e. The van der Waals surface area contributed by atoms with Crippen LogP contribution in [0.4, 0.5) is 10.8 Å². The molecule has 0 atom stereocenters. The maximum absolute atomic E-state index is 12.2. The number of nitrogens with zero attached hydrogens (tertiary/aromatic N) is 3. The van der Waals surface area contributed by atoms with Crippen LogP contribution in [-0.2, 0) is 9.53 Å². The fraction of sp³-hybridized carbons (Fsp3) is 0.176. The molecule has 144 valence electrons. The standard InChI is InChI=1S/C17H14N4O5S2/c1-3-26-15(23)13-9(2)18-16(28-13)20-17-19-14(22)12(27-17)8-10-5-4-6-11(7-10)21(24)25/h4-8H,3H2,1-2H3,(H,18,19,20,22)/b12-8-. The number of esters is 1. The highest BCUT2D eigenvalue weighted by atomic mass is 32.2. The van der Waals surface area contributed by atoms with Gasteiger partial charge in [-0.3, -0.25) is 14.9 Å². The first-order valence-electron chi connectivity index (χ1n) is 8.06. The molecule has 0 radical (unpaired) electrons. The predicted molar refractivity (Wildman–Crippen MR) is 107 cm³/mol. The second-order valence-corrected chi connectivity index (χ2v) is 7.47. The Bertz CT molecular complexity index is 1030. The molecule has 11 heteroatoms. The minimum atomic E-state index is -0.497. The third kappa shape index (κ3) is 4.43. The van der Waals surface area contributed by atoms with Gasteiger partial charge in [-0.25, -0.2) is 9.78 Å². The highest BCUT2D eigenvalue weighted by Crippen LogP contribution is 2.31. The Labute approximate surface area is 167 Å². The molecule has 1 aromatic heterocycles. The maximum atomic E-state index is 12.2. The zero-order valence-corrected chi connectivity index (χ0v) is 16.4. The number of benzene rings is 1. The molecule has 1 aliphatic heterocycles. The van der Waals surface area contributed by atoms with Gasteiger partial charge in [0.25, 0.3) is 11.6 Å². The number of amides is 1. The van der Waals surface area contributed by atoms with Crippen molar-refractivity contribution in [3.05, 3.63) is 55.4 Å². The first-order chi connectivity index (χ1) is 13.4. The molecule has 2 aromatic rings. The number of amidine groups is 1. The highest BCUT2D eigenvalue weighted by molar-refractivity contribution is 8.18. The molecule has 1 amide bonds. The van der Waals surface area contributed by atoms with Crippen LogP contribution < -0.4 is 5.32 Å². The Morgan fingerprint density at radius 2 is 2.25 bits per heavy atom. The SMILES string of the molecule is CCOC(=O)c1sc(/N=C2\NC(=O)/C(=C/c3cccc([N+](=O)[O-])c3)S2)nc1C. The van der Waals surface area contributed by atoms with Crippen LogP contribution in [0, 0.1) is 17.0 Å². The van der Waals surface area contributed by atoms with Crippen molar-refractivity contribution >= 4 is 57.0 Å². The Morgan fingerprint density at radius 1 is 1.46 bits per heavy atom. The lowest BCUT2D eigenvalue weighted by Gasteiger charge is -1.97. The van der Waals surface area contributed by atoms with E-state index in [1.165, 1.54) is 12.1 Å². The van der Waals surface area contributed by atoms with E-state index in [0.29, 0.717) is 31.3 Å². The van der Waals surface area contributed by atoms with Crippen molar-refractivity contribution in [1.29, 1.82) is 0 Å². The Balaban J connectivity index is 1.81. The molecule has 1 aromatic carbocycles. The summed E-state index contributed by atoms with van der Waals surface area (Å²) >= 11 is 2.16. The van der Waals surface area contributed by atoms with Crippen LogP contribution in [0.3, 0.4) is 0 Å². The van der Waals surface area contributed by atoms with Gasteiger partial charge in [0.05, 0.1) is 22.1 Å². The van der Waals surface area contributed by atoms with Crippen molar-refractivity contribution in [1.82, 2.24) is 10.3 Å². The van der Waals surface area contributed by atoms with Crippen molar-refractivity contribution in [3.63, 3.8) is 0 Å². The maximum Gasteiger partial charge on any atom is 0.350 e. The number of carbonyl (C=O) groups is 2. The molecule has 3 rings (SSSR count). The quantitative estimate of drug-likeness (QED) is 0.341. The molecule has 0 bridgehead atoms. The summed E-state index contributed by atoms with van der Waals surface area (Å²) in [5.74, 6) is -0.826. The summed E-state index contributed by atoms with van der Waals surface area (Å²) in [7, 11) is 0. The van der Waals surface area contributed by atoms with E-state index in [-0.39, 0.29) is 18.2 Å². The number of non-ortho nitro benzene ring substituents is 1. The van der Waals surface area contributed by atoms with Gasteiger partial charge in [-0.05, 0) is 37.2 Å². The van der Waals surface area contributed by atoms with Gasteiger partial charge in [0.1, 0.15) is 4.88 Å². The van der Waals surface area contributed by atoms with Crippen molar-refractivity contribution < 1.29 is 19.2 Å². The number of nitro benzene ring substituents is 1. The van der Waals surface area contributed by atoms with E-state index in [0.717, 1.165) is 23.1 Å². The number of aryl methyl sites for hydroxylation is 1. The molecule has 0 saturated carbocycles. The molecular weight excluding hydrogens is 404 g/mol. The number of rotatable bonds is 5. The molecule has 0 unspecified atom stereocenters. The first kappa shape index (κ1) is 19.7. The van der Waals surface area contributed by atoms with Gasteiger partial charge in [-0.1, -0.05) is 23.5 Å². The first-order valence-corrected chi connectivity index (χ1v) is 9.69. The van der Waals surface area contributed by atoms with E-state index in [1.807, 2.05) is 0 Å². The molecule has 9 nitrogen and oxygen atoms in total. The smallest absolute Gasteiger partial charge is 0.350 e. The van der Waals surface area contributed by atoms with Crippen LogP contribution in [-0.4, -0.2) is 33.6 Å². The fourth-order valence-electron chi connectivity index (χ4n) is 2.26. The minimum absolute atomic E-state index is 0.0589. The number of nitro groups is 1. The molecule has 28 heavy (non-hydrogen) atoms. The average Bonchev–Trinajstić information content (AvgIpc) is 3.17. The molecule has 0 spiro atoms. The second kappa shape index (κ2) is 8.31. The third-order valence-electron chi connectivity index (χ3n) is 3.47. The molecule has 2 heterocycles. The van der Waals surface area contributed by atoms with Gasteiger partial charge in [0.2, 0.25) is 5.13 Å². The summed E-state index contributed by atoms with van der Waals surface area (Å²) in [6, 6.07) is 5.97. The van der Waals surface area contributed by atoms with Gasteiger partial charge < -0.3 is 10.1 Å². The zero-order chi connectivity index (χ0) is 20.3. The summed E-state index contributed by atoms with van der Waals surface area (Å²) in [5, 5.41) is 14.1. The summed E-state index contributed by atoms with van der Waals surface area (Å²) in [6.45, 7) is 3.66. The third-order valence-corrected chi connectivity index (χ3v) is 5.41. The van der Waals surface area contributed by atoms with Crippen LogP contribution in [0.1, 0.15) is 27.9 Å². The van der Waals surface area contributed by atoms with Crippen molar-refractivity contribution in [2.24, 2.45) is 4.99 Å². The fourth-order valence-corrected chi connectivity index (χ4v) is 3.98. The van der Waals surface area contributed by atoms with Gasteiger partial charge >= 0.3 is 5.97 Å². The normalized spacial score (nSPS) is 16.4. The van der Waals surface area contributed by atoms with Gasteiger partial charge in [-0.2, -0.15) is 4.99 Å². The minimum Gasteiger partial charge on any atom is -0.462 e. The lowest BCUT2D eigenvalue weighted by atomic mass is 10.2. The molecule has 1 aliphatic rings. The second-order valence-electron chi connectivity index (χ2n) is 5.47. The number of aromatic nitrogens is 1. The number of carbonyl (C=O) groups excluding carboxylic acids is 2. The predicted octanol–water partition coefficient (Wildman–Crippen LogP) is 3.43. The lowest BCUT2D eigenvalue weighted by Crippen LogP contribution is -2.19. The molecule has 1 saturated heterocycles. The van der Waals surface area contributed by atoms with Crippen LogP contribution in [0.25, 0.3) is 6.08 Å². The van der Waals surface area contributed by atoms with E-state index in [4.69, 9.17) is 4.74 Å². The van der Waals surface area contributed by atoms with Crippen LogP contribution in [0.2, 0.25) is 0 Å². The highest BCUT2D eigenvalue weighted by Gasteiger charge is 2.25. The summed E-state index contributed by atoms with van der Waals surface area (Å²) in [4.78, 5) is 43.6.